The molecule has 1 amide bonds. The minimum atomic E-state index is -0.465. The van der Waals surface area contributed by atoms with Crippen LogP contribution in [0.5, 0.6) is 0 Å². The lowest BCUT2D eigenvalue weighted by Crippen LogP contribution is -2.10. The van der Waals surface area contributed by atoms with Crippen molar-refractivity contribution in [2.24, 2.45) is 10.7 Å². The van der Waals surface area contributed by atoms with Gasteiger partial charge < -0.3 is 5.73 Å². The lowest BCUT2D eigenvalue weighted by Gasteiger charge is -2.01. The second kappa shape index (κ2) is 5.27. The van der Waals surface area contributed by atoms with Gasteiger partial charge in [-0.3, -0.25) is 9.79 Å². The van der Waals surface area contributed by atoms with Gasteiger partial charge >= 0.3 is 0 Å². The highest BCUT2D eigenvalue weighted by Crippen LogP contribution is 2.18. The number of para-hydroxylation sites is 1. The number of primary amides is 1. The molecule has 2 aromatic rings. The Kier molecular flexibility index (Phi) is 3.53. The Bertz CT molecular complexity index is 603. The predicted octanol–water partition coefficient (Wildman–Crippen LogP) is 2.84. The molecule has 0 fully saturated rings. The SMILES string of the molecule is Cc1ccccc1/C=N/c1ccccc1C(N)=O. The molecule has 0 aliphatic heterocycles. The van der Waals surface area contributed by atoms with Crippen LogP contribution in [0.2, 0.25) is 0 Å². The number of rotatable bonds is 3. The van der Waals surface area contributed by atoms with Crippen LogP contribution in [0.25, 0.3) is 0 Å². The van der Waals surface area contributed by atoms with Crippen LogP contribution in [0.4, 0.5) is 5.69 Å². The third kappa shape index (κ3) is 2.63. The molecule has 18 heavy (non-hydrogen) atoms. The summed E-state index contributed by atoms with van der Waals surface area (Å²) in [6, 6.07) is 15.0. The molecule has 0 saturated carbocycles. The highest BCUT2D eigenvalue weighted by atomic mass is 16.1. The van der Waals surface area contributed by atoms with Crippen LogP contribution in [-0.2, 0) is 0 Å². The van der Waals surface area contributed by atoms with Gasteiger partial charge in [0.25, 0.3) is 5.91 Å². The van der Waals surface area contributed by atoms with E-state index < -0.39 is 5.91 Å². The van der Waals surface area contributed by atoms with Crippen molar-refractivity contribution in [1.82, 2.24) is 0 Å². The van der Waals surface area contributed by atoms with Crippen molar-refractivity contribution in [3.63, 3.8) is 0 Å². The summed E-state index contributed by atoms with van der Waals surface area (Å²) in [7, 11) is 0. The minimum absolute atomic E-state index is 0.433. The first-order chi connectivity index (χ1) is 8.68. The maximum Gasteiger partial charge on any atom is 0.250 e. The third-order valence-electron chi connectivity index (χ3n) is 2.70. The molecule has 0 unspecified atom stereocenters. The summed E-state index contributed by atoms with van der Waals surface area (Å²) in [6.07, 6.45) is 1.75. The van der Waals surface area contributed by atoms with Crippen molar-refractivity contribution in [1.29, 1.82) is 0 Å². The van der Waals surface area contributed by atoms with Crippen molar-refractivity contribution < 1.29 is 4.79 Å². The van der Waals surface area contributed by atoms with Crippen molar-refractivity contribution in [2.75, 3.05) is 0 Å². The lowest BCUT2D eigenvalue weighted by atomic mass is 10.1. The van der Waals surface area contributed by atoms with E-state index in [2.05, 4.69) is 4.99 Å². The molecule has 0 bridgehead atoms. The Morgan fingerprint density at radius 2 is 1.78 bits per heavy atom. The van der Waals surface area contributed by atoms with Crippen LogP contribution >= 0.6 is 0 Å². The Balaban J connectivity index is 2.35. The number of aliphatic imine (C=N–C) groups is 1. The second-order valence-corrected chi connectivity index (χ2v) is 4.00. The molecule has 0 spiro atoms. The molecule has 0 radical (unpaired) electrons. The van der Waals surface area contributed by atoms with Gasteiger partial charge in [0, 0.05) is 6.21 Å². The van der Waals surface area contributed by atoms with E-state index in [1.165, 1.54) is 0 Å². The standard InChI is InChI=1S/C15H14N2O/c1-11-6-2-3-7-12(11)10-17-14-9-5-4-8-13(14)15(16)18/h2-10H,1H3,(H2,16,18)/b17-10+. The zero-order chi connectivity index (χ0) is 13.0. The molecule has 0 aliphatic carbocycles. The molecule has 90 valence electrons. The van der Waals surface area contributed by atoms with Gasteiger partial charge in [-0.05, 0) is 30.2 Å². The summed E-state index contributed by atoms with van der Waals surface area (Å²) >= 11 is 0. The van der Waals surface area contributed by atoms with Gasteiger partial charge in [0.05, 0.1) is 11.3 Å². The maximum absolute atomic E-state index is 11.2. The smallest absolute Gasteiger partial charge is 0.250 e. The summed E-state index contributed by atoms with van der Waals surface area (Å²) in [5, 5.41) is 0. The van der Waals surface area contributed by atoms with Crippen LogP contribution in [0.15, 0.2) is 53.5 Å². The number of aryl methyl sites for hydroxylation is 1. The quantitative estimate of drug-likeness (QED) is 0.821. The molecule has 3 nitrogen and oxygen atoms in total. The fourth-order valence-electron chi connectivity index (χ4n) is 1.67. The molecular formula is C15H14N2O. The molecular weight excluding hydrogens is 224 g/mol. The first-order valence-corrected chi connectivity index (χ1v) is 5.67. The second-order valence-electron chi connectivity index (χ2n) is 4.00. The number of nitrogens with zero attached hydrogens (tertiary/aromatic N) is 1. The van der Waals surface area contributed by atoms with E-state index in [4.69, 9.17) is 5.73 Å². The molecule has 2 rings (SSSR count). The number of amides is 1. The van der Waals surface area contributed by atoms with Crippen LogP contribution in [-0.4, -0.2) is 12.1 Å². The van der Waals surface area contributed by atoms with Gasteiger partial charge in [-0.25, -0.2) is 0 Å². The highest BCUT2D eigenvalue weighted by molar-refractivity contribution is 5.98. The van der Waals surface area contributed by atoms with E-state index in [-0.39, 0.29) is 0 Å². The van der Waals surface area contributed by atoms with E-state index in [9.17, 15) is 4.79 Å². The summed E-state index contributed by atoms with van der Waals surface area (Å²) in [5.74, 6) is -0.465. The first-order valence-electron chi connectivity index (χ1n) is 5.67. The number of nitrogens with two attached hydrogens (primary N) is 1. The Hall–Kier alpha value is -2.42. The van der Waals surface area contributed by atoms with E-state index in [1.54, 1.807) is 24.4 Å². The van der Waals surface area contributed by atoms with Crippen molar-refractivity contribution >= 4 is 17.8 Å². The van der Waals surface area contributed by atoms with Crippen LogP contribution in [0.3, 0.4) is 0 Å². The molecule has 0 saturated heterocycles. The molecule has 3 heteroatoms. The average Bonchev–Trinajstić information content (AvgIpc) is 2.38. The van der Waals surface area contributed by atoms with Crippen LogP contribution in [0, 0.1) is 6.92 Å². The average molecular weight is 238 g/mol. The van der Waals surface area contributed by atoms with Gasteiger partial charge in [0.2, 0.25) is 0 Å². The molecule has 0 aromatic heterocycles. The fourth-order valence-corrected chi connectivity index (χ4v) is 1.67. The van der Waals surface area contributed by atoms with Gasteiger partial charge in [-0.15, -0.1) is 0 Å². The number of hydrogen-bond acceptors (Lipinski definition) is 2. The van der Waals surface area contributed by atoms with Crippen molar-refractivity contribution in [3.05, 3.63) is 65.2 Å². The third-order valence-corrected chi connectivity index (χ3v) is 2.70. The Morgan fingerprint density at radius 3 is 2.50 bits per heavy atom. The van der Waals surface area contributed by atoms with E-state index in [1.807, 2.05) is 37.3 Å². The van der Waals surface area contributed by atoms with Crippen molar-refractivity contribution in [2.45, 2.75) is 6.92 Å². The topological polar surface area (TPSA) is 55.4 Å². The molecule has 2 aromatic carbocycles. The number of carbonyl (C=O) groups is 1. The summed E-state index contributed by atoms with van der Waals surface area (Å²) in [5.41, 5.74) is 8.49. The Morgan fingerprint density at radius 1 is 1.11 bits per heavy atom. The zero-order valence-corrected chi connectivity index (χ0v) is 10.1. The normalized spacial score (nSPS) is 10.7. The Labute approximate surface area is 106 Å². The molecule has 0 atom stereocenters. The summed E-state index contributed by atoms with van der Waals surface area (Å²) in [4.78, 5) is 15.6. The van der Waals surface area contributed by atoms with Gasteiger partial charge in [0.1, 0.15) is 0 Å². The minimum Gasteiger partial charge on any atom is -0.366 e. The van der Waals surface area contributed by atoms with Crippen LogP contribution in [0.1, 0.15) is 21.5 Å². The maximum atomic E-state index is 11.2. The molecule has 2 N–H and O–H groups in total. The van der Waals surface area contributed by atoms with E-state index >= 15 is 0 Å². The zero-order valence-electron chi connectivity index (χ0n) is 10.1. The molecule has 0 aliphatic rings. The first kappa shape index (κ1) is 12.0. The number of benzene rings is 2. The molecule has 0 heterocycles. The lowest BCUT2D eigenvalue weighted by molar-refractivity contribution is 0.100. The predicted molar refractivity (Wildman–Crippen MR) is 73.4 cm³/mol. The summed E-state index contributed by atoms with van der Waals surface area (Å²) < 4.78 is 0. The van der Waals surface area contributed by atoms with E-state index in [0.717, 1.165) is 11.1 Å². The largest absolute Gasteiger partial charge is 0.366 e. The number of hydrogen-bond donors (Lipinski definition) is 1. The highest BCUT2D eigenvalue weighted by Gasteiger charge is 2.05. The van der Waals surface area contributed by atoms with E-state index in [0.29, 0.717) is 11.3 Å². The fraction of sp³-hybridized carbons (Fsp3) is 0.0667. The van der Waals surface area contributed by atoms with Gasteiger partial charge in [0.15, 0.2) is 0 Å². The number of carbonyl (C=O) groups excluding carboxylic acids is 1. The summed E-state index contributed by atoms with van der Waals surface area (Å²) in [6.45, 7) is 2.02. The van der Waals surface area contributed by atoms with Gasteiger partial charge in [-0.1, -0.05) is 36.4 Å². The van der Waals surface area contributed by atoms with Crippen molar-refractivity contribution in [3.8, 4) is 0 Å². The monoisotopic (exact) mass is 238 g/mol. The van der Waals surface area contributed by atoms with Gasteiger partial charge in [-0.2, -0.15) is 0 Å². The van der Waals surface area contributed by atoms with Crippen LogP contribution < -0.4 is 5.73 Å².